The van der Waals surface area contributed by atoms with Crippen LogP contribution in [0.1, 0.15) is 0 Å². The molecule has 10 aromatic rings. The molecule has 2 heterocycles. The number of hydrogen-bond donors (Lipinski definition) is 0. The number of benzene rings is 8. The van der Waals surface area contributed by atoms with Gasteiger partial charge in [-0.05, 0) is 96.7 Å². The maximum Gasteiger partial charge on any atom is 0.136 e. The van der Waals surface area contributed by atoms with Crippen LogP contribution in [0.5, 0.6) is 0 Å². The second-order valence-corrected chi connectivity index (χ2v) is 13.9. The van der Waals surface area contributed by atoms with Crippen molar-refractivity contribution in [3.63, 3.8) is 0 Å². The third-order valence-electron chi connectivity index (χ3n) is 10.8. The summed E-state index contributed by atoms with van der Waals surface area (Å²) in [5, 5.41) is 4.86. The molecule has 246 valence electrons. The van der Waals surface area contributed by atoms with Crippen LogP contribution in [-0.4, -0.2) is 4.98 Å². The molecular weight excluding hydrogens is 643 g/mol. The predicted molar refractivity (Wildman–Crippen MR) is 221 cm³/mol. The molecule has 0 saturated heterocycles. The quantitative estimate of drug-likeness (QED) is 0.182. The molecule has 53 heavy (non-hydrogen) atoms. The van der Waals surface area contributed by atoms with E-state index in [0.717, 1.165) is 61.1 Å². The molecule has 0 amide bonds. The van der Waals surface area contributed by atoms with Gasteiger partial charge in [-0.15, -0.1) is 0 Å². The third kappa shape index (κ3) is 4.77. The van der Waals surface area contributed by atoms with Gasteiger partial charge in [0.15, 0.2) is 0 Å². The Morgan fingerprint density at radius 3 is 1.57 bits per heavy atom. The Bertz CT molecular complexity index is 2940. The molecule has 2 heteroatoms. The Hall–Kier alpha value is -7.03. The van der Waals surface area contributed by atoms with E-state index in [0.29, 0.717) is 0 Å². The summed E-state index contributed by atoms with van der Waals surface area (Å²) >= 11 is 0. The van der Waals surface area contributed by atoms with E-state index in [4.69, 9.17) is 9.40 Å². The van der Waals surface area contributed by atoms with Crippen molar-refractivity contribution in [2.75, 3.05) is 0 Å². The minimum absolute atomic E-state index is 0.874. The van der Waals surface area contributed by atoms with Crippen molar-refractivity contribution in [3.05, 3.63) is 188 Å². The van der Waals surface area contributed by atoms with Gasteiger partial charge < -0.3 is 4.42 Å². The van der Waals surface area contributed by atoms with Gasteiger partial charge >= 0.3 is 0 Å². The molecule has 0 saturated carbocycles. The van der Waals surface area contributed by atoms with E-state index in [-0.39, 0.29) is 0 Å². The SMILES string of the molecule is c1ccc(-c2cc(-c3cccc4oc5ccc(-c6ccc(-c7ccc8c9c(cccc79)-c7ccccc7-8)cc6)cc5c34)cc(-c3ccccc3)n2)cc1. The van der Waals surface area contributed by atoms with E-state index < -0.39 is 0 Å². The highest BCUT2D eigenvalue weighted by atomic mass is 16.3. The zero-order valence-electron chi connectivity index (χ0n) is 28.8. The molecule has 8 aromatic carbocycles. The molecule has 0 N–H and O–H groups in total. The molecule has 11 rings (SSSR count). The Balaban J connectivity index is 1.02. The fourth-order valence-electron chi connectivity index (χ4n) is 8.35. The number of nitrogens with zero attached hydrogens (tertiary/aromatic N) is 1. The number of fused-ring (bicyclic) bond motifs is 6. The Labute approximate surface area is 307 Å². The van der Waals surface area contributed by atoms with E-state index >= 15 is 0 Å². The van der Waals surface area contributed by atoms with Gasteiger partial charge in [-0.1, -0.05) is 158 Å². The summed E-state index contributed by atoms with van der Waals surface area (Å²) in [6.45, 7) is 0. The maximum absolute atomic E-state index is 6.49. The maximum atomic E-state index is 6.49. The molecular formula is C51H31NO. The van der Waals surface area contributed by atoms with Gasteiger partial charge in [0.25, 0.3) is 0 Å². The first-order valence-electron chi connectivity index (χ1n) is 18.1. The van der Waals surface area contributed by atoms with Crippen LogP contribution in [0, 0.1) is 0 Å². The zero-order chi connectivity index (χ0) is 34.9. The van der Waals surface area contributed by atoms with Gasteiger partial charge in [0.1, 0.15) is 11.2 Å². The third-order valence-corrected chi connectivity index (χ3v) is 10.8. The summed E-state index contributed by atoms with van der Waals surface area (Å²) in [6.07, 6.45) is 0. The lowest BCUT2D eigenvalue weighted by Gasteiger charge is -2.12. The van der Waals surface area contributed by atoms with Crippen LogP contribution in [-0.2, 0) is 0 Å². The molecule has 0 spiro atoms. The van der Waals surface area contributed by atoms with Crippen molar-refractivity contribution in [2.45, 2.75) is 0 Å². The minimum atomic E-state index is 0.874. The summed E-state index contributed by atoms with van der Waals surface area (Å²) in [7, 11) is 0. The predicted octanol–water partition coefficient (Wildman–Crippen LogP) is 14.1. The summed E-state index contributed by atoms with van der Waals surface area (Å²) in [6, 6.07) is 67.2. The van der Waals surface area contributed by atoms with Gasteiger partial charge in [-0.25, -0.2) is 4.98 Å². The highest BCUT2D eigenvalue weighted by molar-refractivity contribution is 6.19. The second kappa shape index (κ2) is 11.8. The van der Waals surface area contributed by atoms with Crippen molar-refractivity contribution in [1.82, 2.24) is 4.98 Å². The first-order valence-corrected chi connectivity index (χ1v) is 18.1. The standard InChI is InChI=1S/C51H31NO/c1-3-11-34(12-4-1)46-30-37(31-47(52-46)35-13-5-2-6-14-35)39-17-10-20-49-51(39)45-29-36(25-28-48(45)53-49)32-21-23-33(24-22-32)38-26-27-44-41-16-8-7-15-40(41)43-19-9-18-42(38)50(43)44/h1-31H. The number of rotatable bonds is 5. The van der Waals surface area contributed by atoms with Gasteiger partial charge in [-0.3, -0.25) is 0 Å². The van der Waals surface area contributed by atoms with Crippen LogP contribution >= 0.6 is 0 Å². The van der Waals surface area contributed by atoms with Crippen LogP contribution in [0.3, 0.4) is 0 Å². The monoisotopic (exact) mass is 673 g/mol. The van der Waals surface area contributed by atoms with Crippen molar-refractivity contribution in [2.24, 2.45) is 0 Å². The topological polar surface area (TPSA) is 26.0 Å². The second-order valence-electron chi connectivity index (χ2n) is 13.9. The van der Waals surface area contributed by atoms with Crippen LogP contribution < -0.4 is 0 Å². The van der Waals surface area contributed by atoms with Gasteiger partial charge in [0, 0.05) is 21.9 Å². The number of hydrogen-bond acceptors (Lipinski definition) is 2. The Morgan fingerprint density at radius 1 is 0.283 bits per heavy atom. The molecule has 0 aliphatic heterocycles. The molecule has 0 unspecified atom stereocenters. The summed E-state index contributed by atoms with van der Waals surface area (Å²) in [5.74, 6) is 0. The largest absolute Gasteiger partial charge is 0.456 e. The molecule has 0 atom stereocenters. The smallest absolute Gasteiger partial charge is 0.136 e. The van der Waals surface area contributed by atoms with Crippen LogP contribution in [0.15, 0.2) is 192 Å². The van der Waals surface area contributed by atoms with E-state index in [1.807, 2.05) is 12.1 Å². The Kier molecular flexibility index (Phi) is 6.59. The van der Waals surface area contributed by atoms with E-state index in [1.54, 1.807) is 0 Å². The summed E-state index contributed by atoms with van der Waals surface area (Å²) in [4.78, 5) is 5.13. The van der Waals surface area contributed by atoms with Gasteiger partial charge in [0.2, 0.25) is 0 Å². The number of furan rings is 1. The molecule has 2 aromatic heterocycles. The van der Waals surface area contributed by atoms with Crippen molar-refractivity contribution >= 4 is 32.7 Å². The molecule has 0 radical (unpaired) electrons. The normalized spacial score (nSPS) is 11.8. The molecule has 0 bridgehead atoms. The highest BCUT2D eigenvalue weighted by Crippen LogP contribution is 2.49. The first-order chi connectivity index (χ1) is 26.3. The lowest BCUT2D eigenvalue weighted by molar-refractivity contribution is 0.669. The average molecular weight is 674 g/mol. The van der Waals surface area contributed by atoms with Crippen molar-refractivity contribution in [3.8, 4) is 78.1 Å². The van der Waals surface area contributed by atoms with Gasteiger partial charge in [0.05, 0.1) is 11.4 Å². The first kappa shape index (κ1) is 29.7. The molecule has 0 fully saturated rings. The molecule has 1 aliphatic rings. The number of aromatic nitrogens is 1. The summed E-state index contributed by atoms with van der Waals surface area (Å²) in [5.41, 5.74) is 18.1. The minimum Gasteiger partial charge on any atom is -0.456 e. The fraction of sp³-hybridized carbons (Fsp3) is 0. The zero-order valence-corrected chi connectivity index (χ0v) is 28.8. The Morgan fingerprint density at radius 2 is 0.849 bits per heavy atom. The fourth-order valence-corrected chi connectivity index (χ4v) is 8.35. The lowest BCUT2D eigenvalue weighted by Crippen LogP contribution is -1.91. The lowest BCUT2D eigenvalue weighted by atomic mass is 9.93. The number of pyridine rings is 1. The molecule has 2 nitrogen and oxygen atoms in total. The van der Waals surface area contributed by atoms with Crippen molar-refractivity contribution < 1.29 is 4.42 Å². The molecule has 1 aliphatic carbocycles. The van der Waals surface area contributed by atoms with E-state index in [2.05, 4.69) is 176 Å². The van der Waals surface area contributed by atoms with E-state index in [1.165, 1.54) is 49.7 Å². The van der Waals surface area contributed by atoms with Crippen molar-refractivity contribution in [1.29, 1.82) is 0 Å². The van der Waals surface area contributed by atoms with Crippen LogP contribution in [0.4, 0.5) is 0 Å². The van der Waals surface area contributed by atoms with E-state index in [9.17, 15) is 0 Å². The van der Waals surface area contributed by atoms with Crippen LogP contribution in [0.25, 0.3) is 111 Å². The van der Waals surface area contributed by atoms with Crippen LogP contribution in [0.2, 0.25) is 0 Å². The summed E-state index contributed by atoms with van der Waals surface area (Å²) < 4.78 is 6.49. The van der Waals surface area contributed by atoms with Gasteiger partial charge in [-0.2, -0.15) is 0 Å². The average Bonchev–Trinajstić information content (AvgIpc) is 3.78. The highest BCUT2D eigenvalue weighted by Gasteiger charge is 2.22.